The first kappa shape index (κ1) is 18.4. The number of nitrogens with one attached hydrogen (secondary N) is 1. The molecule has 140 valence electrons. The zero-order valence-corrected chi connectivity index (χ0v) is 16.0. The number of aromatic nitrogens is 3. The van der Waals surface area contributed by atoms with E-state index in [9.17, 15) is 4.79 Å². The van der Waals surface area contributed by atoms with Crippen molar-refractivity contribution in [2.45, 2.75) is 39.3 Å². The largest absolute Gasteiger partial charge is 0.496 e. The number of carbonyl (C=O) groups excluding carboxylic acids is 1. The molecule has 0 saturated carbocycles. The summed E-state index contributed by atoms with van der Waals surface area (Å²) in [5.41, 5.74) is 3.78. The van der Waals surface area contributed by atoms with Crippen LogP contribution in [-0.2, 0) is 13.6 Å². The van der Waals surface area contributed by atoms with Crippen LogP contribution in [0.3, 0.4) is 0 Å². The Morgan fingerprint density at radius 2 is 2.19 bits per heavy atom. The Bertz CT molecular complexity index is 786. The van der Waals surface area contributed by atoms with E-state index in [1.807, 2.05) is 20.2 Å². The number of hydrogen-bond acceptors (Lipinski definition) is 5. The maximum Gasteiger partial charge on any atom is 0.254 e. The molecule has 1 aliphatic rings. The first-order valence-corrected chi connectivity index (χ1v) is 8.99. The zero-order chi connectivity index (χ0) is 18.7. The fourth-order valence-electron chi connectivity index (χ4n) is 3.57. The van der Waals surface area contributed by atoms with E-state index in [2.05, 4.69) is 27.2 Å². The second kappa shape index (κ2) is 7.86. The van der Waals surface area contributed by atoms with Crippen LogP contribution in [0.5, 0.6) is 5.75 Å². The lowest BCUT2D eigenvalue weighted by Gasteiger charge is -2.33. The summed E-state index contributed by atoms with van der Waals surface area (Å²) in [7, 11) is 3.51. The molecule has 2 aromatic rings. The van der Waals surface area contributed by atoms with Gasteiger partial charge in [-0.2, -0.15) is 5.10 Å². The third-order valence-electron chi connectivity index (χ3n) is 4.93. The van der Waals surface area contributed by atoms with Gasteiger partial charge < -0.3 is 10.1 Å². The number of aryl methyl sites for hydroxylation is 2. The lowest BCUT2D eigenvalue weighted by Crippen LogP contribution is -2.47. The van der Waals surface area contributed by atoms with E-state index in [0.29, 0.717) is 5.56 Å². The highest BCUT2D eigenvalue weighted by molar-refractivity contribution is 5.93. The monoisotopic (exact) mass is 357 g/mol. The Kier molecular flexibility index (Phi) is 5.56. The van der Waals surface area contributed by atoms with E-state index in [1.165, 1.54) is 0 Å². The van der Waals surface area contributed by atoms with Gasteiger partial charge in [0.15, 0.2) is 0 Å². The number of nitrogens with zero attached hydrogens (tertiary/aromatic N) is 4. The summed E-state index contributed by atoms with van der Waals surface area (Å²) < 4.78 is 7.15. The first-order valence-electron chi connectivity index (χ1n) is 8.99. The molecule has 2 aromatic heterocycles. The van der Waals surface area contributed by atoms with Crippen LogP contribution >= 0.6 is 0 Å². The number of pyridine rings is 1. The van der Waals surface area contributed by atoms with Crippen molar-refractivity contribution >= 4 is 5.91 Å². The van der Waals surface area contributed by atoms with Gasteiger partial charge in [-0.15, -0.1) is 0 Å². The molecule has 1 atom stereocenters. The molecule has 1 amide bonds. The summed E-state index contributed by atoms with van der Waals surface area (Å²) in [6, 6.07) is 0.143. The molecule has 1 fully saturated rings. The molecular weight excluding hydrogens is 330 g/mol. The SMILES string of the molecule is COc1c(C)cnc(CN2CCCC(NC(=O)c3cnn(C)c3)C2)c1C. The lowest BCUT2D eigenvalue weighted by molar-refractivity contribution is 0.0900. The Labute approximate surface area is 154 Å². The minimum absolute atomic E-state index is 0.0590. The smallest absolute Gasteiger partial charge is 0.254 e. The minimum atomic E-state index is -0.0590. The van der Waals surface area contributed by atoms with Gasteiger partial charge in [-0.25, -0.2) is 0 Å². The van der Waals surface area contributed by atoms with Gasteiger partial charge in [0.2, 0.25) is 0 Å². The molecule has 1 saturated heterocycles. The number of methoxy groups -OCH3 is 1. The number of ether oxygens (including phenoxy) is 1. The van der Waals surface area contributed by atoms with Crippen LogP contribution in [0.2, 0.25) is 0 Å². The lowest BCUT2D eigenvalue weighted by atomic mass is 10.0. The van der Waals surface area contributed by atoms with Gasteiger partial charge in [0.1, 0.15) is 5.75 Å². The van der Waals surface area contributed by atoms with Crippen molar-refractivity contribution in [3.63, 3.8) is 0 Å². The molecule has 1 N–H and O–H groups in total. The van der Waals surface area contributed by atoms with Crippen molar-refractivity contribution in [1.29, 1.82) is 0 Å². The van der Waals surface area contributed by atoms with Gasteiger partial charge in [-0.1, -0.05) is 0 Å². The molecule has 7 heteroatoms. The third kappa shape index (κ3) is 4.04. The van der Waals surface area contributed by atoms with Crippen LogP contribution in [0.1, 0.15) is 40.0 Å². The summed E-state index contributed by atoms with van der Waals surface area (Å²) in [4.78, 5) is 19.3. The average Bonchev–Trinajstić information content (AvgIpc) is 3.05. The van der Waals surface area contributed by atoms with E-state index in [4.69, 9.17) is 4.74 Å². The maximum atomic E-state index is 12.4. The number of piperidine rings is 1. The van der Waals surface area contributed by atoms with Crippen molar-refractivity contribution in [3.8, 4) is 5.75 Å². The quantitative estimate of drug-likeness (QED) is 0.884. The Hall–Kier alpha value is -2.41. The summed E-state index contributed by atoms with van der Waals surface area (Å²) in [6.07, 6.45) is 7.25. The Morgan fingerprint density at radius 1 is 1.38 bits per heavy atom. The summed E-state index contributed by atoms with van der Waals surface area (Å²) in [5.74, 6) is 0.852. The van der Waals surface area contributed by atoms with Gasteiger partial charge in [0.05, 0.1) is 24.6 Å². The van der Waals surface area contributed by atoms with Gasteiger partial charge in [0.25, 0.3) is 5.91 Å². The van der Waals surface area contributed by atoms with Crippen LogP contribution in [0.15, 0.2) is 18.6 Å². The first-order chi connectivity index (χ1) is 12.5. The van der Waals surface area contributed by atoms with Crippen molar-refractivity contribution in [1.82, 2.24) is 25.0 Å². The minimum Gasteiger partial charge on any atom is -0.496 e. The summed E-state index contributed by atoms with van der Waals surface area (Å²) in [6.45, 7) is 6.66. The second-order valence-corrected chi connectivity index (χ2v) is 7.00. The molecule has 0 spiro atoms. The molecule has 0 bridgehead atoms. The van der Waals surface area contributed by atoms with E-state index >= 15 is 0 Å². The van der Waals surface area contributed by atoms with Crippen LogP contribution in [0.25, 0.3) is 0 Å². The van der Waals surface area contributed by atoms with Gasteiger partial charge >= 0.3 is 0 Å². The molecule has 3 heterocycles. The highest BCUT2D eigenvalue weighted by atomic mass is 16.5. The molecular formula is C19H27N5O2. The van der Waals surface area contributed by atoms with Crippen molar-refractivity contribution < 1.29 is 9.53 Å². The number of hydrogen-bond donors (Lipinski definition) is 1. The highest BCUT2D eigenvalue weighted by Gasteiger charge is 2.23. The zero-order valence-electron chi connectivity index (χ0n) is 16.0. The summed E-state index contributed by atoms with van der Waals surface area (Å²) >= 11 is 0. The Morgan fingerprint density at radius 3 is 2.88 bits per heavy atom. The molecule has 0 aliphatic carbocycles. The van der Waals surface area contributed by atoms with Crippen molar-refractivity contribution in [2.75, 3.05) is 20.2 Å². The highest BCUT2D eigenvalue weighted by Crippen LogP contribution is 2.25. The van der Waals surface area contributed by atoms with Crippen LogP contribution in [0, 0.1) is 13.8 Å². The molecule has 26 heavy (non-hydrogen) atoms. The van der Waals surface area contributed by atoms with Crippen LogP contribution < -0.4 is 10.1 Å². The molecule has 1 aliphatic heterocycles. The molecule has 3 rings (SSSR count). The van der Waals surface area contributed by atoms with E-state index in [1.54, 1.807) is 24.2 Å². The average molecular weight is 357 g/mol. The van der Waals surface area contributed by atoms with Gasteiger partial charge in [-0.05, 0) is 33.2 Å². The second-order valence-electron chi connectivity index (χ2n) is 7.00. The van der Waals surface area contributed by atoms with Gasteiger partial charge in [-0.3, -0.25) is 19.4 Å². The van der Waals surface area contributed by atoms with Crippen molar-refractivity contribution in [2.24, 2.45) is 7.05 Å². The van der Waals surface area contributed by atoms with Crippen LogP contribution in [-0.4, -0.2) is 51.8 Å². The Balaban J connectivity index is 1.63. The molecule has 7 nitrogen and oxygen atoms in total. The van der Waals surface area contributed by atoms with E-state index < -0.39 is 0 Å². The number of rotatable bonds is 5. The molecule has 0 aromatic carbocycles. The summed E-state index contributed by atoms with van der Waals surface area (Å²) in [5, 5.41) is 7.19. The third-order valence-corrected chi connectivity index (χ3v) is 4.93. The number of likely N-dealkylation sites (tertiary alicyclic amines) is 1. The number of carbonyl (C=O) groups is 1. The van der Waals surface area contributed by atoms with Crippen LogP contribution in [0.4, 0.5) is 0 Å². The topological polar surface area (TPSA) is 72.3 Å². The predicted molar refractivity (Wildman–Crippen MR) is 99.2 cm³/mol. The fourth-order valence-corrected chi connectivity index (χ4v) is 3.57. The van der Waals surface area contributed by atoms with Gasteiger partial charge in [0, 0.05) is 49.7 Å². The predicted octanol–water partition coefficient (Wildman–Crippen LogP) is 1.83. The van der Waals surface area contributed by atoms with Crippen molar-refractivity contribution in [3.05, 3.63) is 41.0 Å². The molecule has 0 radical (unpaired) electrons. The maximum absolute atomic E-state index is 12.4. The van der Waals surface area contributed by atoms with E-state index in [0.717, 1.165) is 55.0 Å². The van der Waals surface area contributed by atoms with E-state index in [-0.39, 0.29) is 11.9 Å². The normalized spacial score (nSPS) is 17.9. The standard InChI is InChI=1S/C19H27N5O2/c1-13-8-20-17(14(2)18(13)26-4)12-24-7-5-6-16(11-24)22-19(25)15-9-21-23(3)10-15/h8-10,16H,5-7,11-12H2,1-4H3,(H,22,25). The fraction of sp³-hybridized carbons (Fsp3) is 0.526. The number of amides is 1. The molecule has 1 unspecified atom stereocenters.